The zero-order chi connectivity index (χ0) is 21.2. The molecule has 5 rings (SSSR count). The van der Waals surface area contributed by atoms with Crippen LogP contribution in [0.4, 0.5) is 5.13 Å². The summed E-state index contributed by atoms with van der Waals surface area (Å²) in [6, 6.07) is 23.3. The van der Waals surface area contributed by atoms with Crippen LogP contribution in [0.3, 0.4) is 0 Å². The van der Waals surface area contributed by atoms with Gasteiger partial charge in [0.2, 0.25) is 0 Å². The first kappa shape index (κ1) is 19.2. The lowest BCUT2D eigenvalue weighted by Crippen LogP contribution is -2.30. The van der Waals surface area contributed by atoms with E-state index in [4.69, 9.17) is 9.72 Å². The molecule has 0 atom stereocenters. The highest BCUT2D eigenvalue weighted by atomic mass is 32.1. The van der Waals surface area contributed by atoms with Crippen molar-refractivity contribution in [1.29, 1.82) is 0 Å². The second kappa shape index (κ2) is 8.16. The van der Waals surface area contributed by atoms with Gasteiger partial charge in [-0.15, -0.1) is 0 Å². The van der Waals surface area contributed by atoms with Crippen LogP contribution in [0.15, 0.2) is 85.2 Å². The molecule has 152 valence electrons. The molecule has 0 aliphatic carbocycles. The maximum Gasteiger partial charge on any atom is 0.261 e. The average Bonchev–Trinajstić information content (AvgIpc) is 3.25. The van der Waals surface area contributed by atoms with Gasteiger partial charge in [0.1, 0.15) is 5.75 Å². The fraction of sp³-hybridized carbons (Fsp3) is 0.0800. The molecule has 5 nitrogen and oxygen atoms in total. The van der Waals surface area contributed by atoms with Gasteiger partial charge in [-0.25, -0.2) is 4.98 Å². The Morgan fingerprint density at radius 3 is 2.74 bits per heavy atom. The number of thiazole rings is 1. The summed E-state index contributed by atoms with van der Waals surface area (Å²) in [5, 5.41) is 2.60. The third kappa shape index (κ3) is 3.73. The lowest BCUT2D eigenvalue weighted by Gasteiger charge is -2.21. The highest BCUT2D eigenvalue weighted by Gasteiger charge is 2.23. The molecule has 5 aromatic rings. The Morgan fingerprint density at radius 2 is 1.90 bits per heavy atom. The summed E-state index contributed by atoms with van der Waals surface area (Å²) in [5.74, 6) is 0.648. The smallest absolute Gasteiger partial charge is 0.261 e. The quantitative estimate of drug-likeness (QED) is 0.362. The van der Waals surface area contributed by atoms with Gasteiger partial charge in [-0.2, -0.15) is 0 Å². The minimum atomic E-state index is -0.0910. The standard InChI is InChI=1S/C25H19N3O2S/c1-30-19-11-12-23-22(14-19)27-25(31-23)28(16-17-6-5-13-26-15-17)24(29)21-10-4-8-18-7-2-3-9-20(18)21/h2-15H,16H2,1H3. The number of aromatic nitrogens is 2. The van der Waals surface area contributed by atoms with Crippen molar-refractivity contribution in [2.24, 2.45) is 0 Å². The number of carbonyl (C=O) groups excluding carboxylic acids is 1. The van der Waals surface area contributed by atoms with E-state index in [1.54, 1.807) is 24.4 Å². The van der Waals surface area contributed by atoms with Crippen LogP contribution >= 0.6 is 11.3 Å². The van der Waals surface area contributed by atoms with Crippen LogP contribution in [0.25, 0.3) is 21.0 Å². The van der Waals surface area contributed by atoms with Crippen LogP contribution in [0.1, 0.15) is 15.9 Å². The fourth-order valence-electron chi connectivity index (χ4n) is 3.60. The van der Waals surface area contributed by atoms with E-state index in [0.717, 1.165) is 32.3 Å². The number of pyridine rings is 1. The van der Waals surface area contributed by atoms with E-state index >= 15 is 0 Å². The Hall–Kier alpha value is -3.77. The summed E-state index contributed by atoms with van der Waals surface area (Å²) in [6.07, 6.45) is 3.50. The van der Waals surface area contributed by atoms with Crippen molar-refractivity contribution in [2.45, 2.75) is 6.54 Å². The molecule has 0 saturated carbocycles. The number of methoxy groups -OCH3 is 1. The molecule has 0 spiro atoms. The van der Waals surface area contributed by atoms with Crippen LogP contribution in [0, 0.1) is 0 Å². The van der Waals surface area contributed by atoms with Crippen LogP contribution in [-0.2, 0) is 6.54 Å². The summed E-state index contributed by atoms with van der Waals surface area (Å²) in [4.78, 5) is 24.5. The van der Waals surface area contributed by atoms with Gasteiger partial charge in [0, 0.05) is 24.0 Å². The Labute approximate surface area is 183 Å². The molecule has 2 aromatic heterocycles. The van der Waals surface area contributed by atoms with E-state index in [9.17, 15) is 4.79 Å². The first-order chi connectivity index (χ1) is 15.2. The lowest BCUT2D eigenvalue weighted by atomic mass is 10.0. The van der Waals surface area contributed by atoms with Crippen LogP contribution < -0.4 is 9.64 Å². The highest BCUT2D eigenvalue weighted by molar-refractivity contribution is 7.22. The number of hydrogen-bond donors (Lipinski definition) is 0. The van der Waals surface area contributed by atoms with Gasteiger partial charge >= 0.3 is 0 Å². The second-order valence-electron chi connectivity index (χ2n) is 7.11. The summed E-state index contributed by atoms with van der Waals surface area (Å²) in [5.41, 5.74) is 2.40. The number of carbonyl (C=O) groups is 1. The molecule has 31 heavy (non-hydrogen) atoms. The van der Waals surface area contributed by atoms with E-state index in [2.05, 4.69) is 4.98 Å². The monoisotopic (exact) mass is 425 g/mol. The fourth-order valence-corrected chi connectivity index (χ4v) is 4.54. The Balaban J connectivity index is 1.62. The van der Waals surface area contributed by atoms with Gasteiger partial charge in [-0.3, -0.25) is 14.7 Å². The third-order valence-corrected chi connectivity index (χ3v) is 6.20. The first-order valence-corrected chi connectivity index (χ1v) is 10.7. The maximum atomic E-state index is 13.8. The molecule has 1 amide bonds. The topological polar surface area (TPSA) is 55.3 Å². The van der Waals surface area contributed by atoms with Crippen LogP contribution in [0.2, 0.25) is 0 Å². The zero-order valence-corrected chi connectivity index (χ0v) is 17.7. The van der Waals surface area contributed by atoms with Crippen molar-refractivity contribution in [3.8, 4) is 5.75 Å². The largest absolute Gasteiger partial charge is 0.497 e. The molecular formula is C25H19N3O2S. The van der Waals surface area contributed by atoms with Crippen molar-refractivity contribution in [3.63, 3.8) is 0 Å². The summed E-state index contributed by atoms with van der Waals surface area (Å²) in [7, 11) is 1.63. The van der Waals surface area contributed by atoms with E-state index in [-0.39, 0.29) is 5.91 Å². The predicted molar refractivity (Wildman–Crippen MR) is 125 cm³/mol. The van der Waals surface area contributed by atoms with Crippen molar-refractivity contribution in [3.05, 3.63) is 96.3 Å². The maximum absolute atomic E-state index is 13.8. The number of ether oxygens (including phenoxy) is 1. The lowest BCUT2D eigenvalue weighted by molar-refractivity contribution is 0.0986. The van der Waals surface area contributed by atoms with Gasteiger partial charge < -0.3 is 4.74 Å². The van der Waals surface area contributed by atoms with Gasteiger partial charge in [-0.05, 0) is 40.6 Å². The van der Waals surface area contributed by atoms with Gasteiger partial charge in [-0.1, -0.05) is 53.8 Å². The minimum absolute atomic E-state index is 0.0910. The Bertz CT molecular complexity index is 1380. The van der Waals surface area contributed by atoms with E-state index in [1.165, 1.54) is 11.3 Å². The van der Waals surface area contributed by atoms with E-state index in [1.807, 2.05) is 72.8 Å². The Kier molecular flexibility index (Phi) is 5.06. The van der Waals surface area contributed by atoms with Crippen molar-refractivity contribution >= 4 is 43.4 Å². The van der Waals surface area contributed by atoms with Crippen LogP contribution in [0.5, 0.6) is 5.75 Å². The van der Waals surface area contributed by atoms with E-state index in [0.29, 0.717) is 17.2 Å². The molecule has 2 heterocycles. The molecule has 0 aliphatic heterocycles. The van der Waals surface area contributed by atoms with Crippen molar-refractivity contribution in [2.75, 3.05) is 12.0 Å². The Morgan fingerprint density at radius 1 is 1.03 bits per heavy atom. The number of anilines is 1. The number of rotatable bonds is 5. The molecule has 0 saturated heterocycles. The SMILES string of the molecule is COc1ccc2sc(N(Cc3cccnc3)C(=O)c3cccc4ccccc34)nc2c1. The number of amides is 1. The molecule has 6 heteroatoms. The van der Waals surface area contributed by atoms with E-state index < -0.39 is 0 Å². The normalized spacial score (nSPS) is 11.0. The second-order valence-corrected chi connectivity index (χ2v) is 8.12. The molecule has 3 aromatic carbocycles. The number of benzene rings is 3. The number of fused-ring (bicyclic) bond motifs is 2. The molecule has 0 aliphatic rings. The summed E-state index contributed by atoms with van der Waals surface area (Å²) >= 11 is 1.49. The summed E-state index contributed by atoms with van der Waals surface area (Å²) in [6.45, 7) is 0.382. The molecule has 0 bridgehead atoms. The number of nitrogens with zero attached hydrogens (tertiary/aromatic N) is 3. The molecular weight excluding hydrogens is 406 g/mol. The third-order valence-electron chi connectivity index (χ3n) is 5.14. The highest BCUT2D eigenvalue weighted by Crippen LogP contribution is 2.33. The van der Waals surface area contributed by atoms with Gasteiger partial charge in [0.05, 0.1) is 23.9 Å². The predicted octanol–water partition coefficient (Wildman–Crippen LogP) is 5.70. The van der Waals surface area contributed by atoms with Gasteiger partial charge in [0.15, 0.2) is 5.13 Å². The first-order valence-electron chi connectivity index (χ1n) is 9.86. The van der Waals surface area contributed by atoms with Crippen molar-refractivity contribution in [1.82, 2.24) is 9.97 Å². The zero-order valence-electron chi connectivity index (χ0n) is 16.9. The minimum Gasteiger partial charge on any atom is -0.497 e. The number of hydrogen-bond acceptors (Lipinski definition) is 5. The molecule has 0 N–H and O–H groups in total. The van der Waals surface area contributed by atoms with Gasteiger partial charge in [0.25, 0.3) is 5.91 Å². The molecule has 0 radical (unpaired) electrons. The average molecular weight is 426 g/mol. The molecule has 0 unspecified atom stereocenters. The molecule has 0 fully saturated rings. The summed E-state index contributed by atoms with van der Waals surface area (Å²) < 4.78 is 6.33. The van der Waals surface area contributed by atoms with Crippen LogP contribution in [-0.4, -0.2) is 23.0 Å². The van der Waals surface area contributed by atoms with Crippen molar-refractivity contribution < 1.29 is 9.53 Å².